The molecule has 1 unspecified atom stereocenters. The van der Waals surface area contributed by atoms with E-state index in [-0.39, 0.29) is 23.5 Å². The first-order valence-corrected chi connectivity index (χ1v) is 9.85. The Morgan fingerprint density at radius 2 is 1.72 bits per heavy atom. The predicted octanol–water partition coefficient (Wildman–Crippen LogP) is 2.96. The average Bonchev–Trinajstić information content (AvgIpc) is 2.55. The van der Waals surface area contributed by atoms with E-state index < -0.39 is 9.84 Å². The smallest absolute Gasteiger partial charge is 0.258 e. The van der Waals surface area contributed by atoms with Crippen LogP contribution >= 0.6 is 0 Å². The van der Waals surface area contributed by atoms with Crippen molar-refractivity contribution in [3.05, 3.63) is 59.2 Å². The summed E-state index contributed by atoms with van der Waals surface area (Å²) >= 11 is 0. The molecule has 0 saturated carbocycles. The number of hydrogen-bond acceptors (Lipinski definition) is 4. The number of ether oxygens (including phenoxy) is 1. The normalized spacial score (nSPS) is 12.5. The highest BCUT2D eigenvalue weighted by atomic mass is 32.2. The van der Waals surface area contributed by atoms with Crippen LogP contribution in [0.5, 0.6) is 5.75 Å². The van der Waals surface area contributed by atoms with E-state index in [0.29, 0.717) is 5.75 Å². The molecule has 0 radical (unpaired) electrons. The lowest BCUT2D eigenvalue weighted by Gasteiger charge is -2.16. The molecule has 5 nitrogen and oxygen atoms in total. The minimum absolute atomic E-state index is 0.122. The Labute approximate surface area is 148 Å². The van der Waals surface area contributed by atoms with E-state index in [4.69, 9.17) is 4.74 Å². The van der Waals surface area contributed by atoms with Gasteiger partial charge in [-0.05, 0) is 61.7 Å². The van der Waals surface area contributed by atoms with Crippen molar-refractivity contribution in [2.24, 2.45) is 0 Å². The molecule has 0 heterocycles. The first-order chi connectivity index (χ1) is 11.7. The summed E-state index contributed by atoms with van der Waals surface area (Å²) in [7, 11) is -3.24. The van der Waals surface area contributed by atoms with Crippen LogP contribution in [-0.4, -0.2) is 27.2 Å². The lowest BCUT2D eigenvalue weighted by atomic mass is 10.0. The molecular weight excluding hydrogens is 338 g/mol. The predicted molar refractivity (Wildman–Crippen MR) is 97.5 cm³/mol. The summed E-state index contributed by atoms with van der Waals surface area (Å²) in [6, 6.07) is 12.0. The van der Waals surface area contributed by atoms with Gasteiger partial charge in [0.1, 0.15) is 5.75 Å². The molecule has 1 amide bonds. The average molecular weight is 361 g/mol. The van der Waals surface area contributed by atoms with E-state index in [1.54, 1.807) is 0 Å². The van der Waals surface area contributed by atoms with Crippen molar-refractivity contribution >= 4 is 15.7 Å². The van der Waals surface area contributed by atoms with Gasteiger partial charge in [-0.25, -0.2) is 8.42 Å². The maximum atomic E-state index is 12.0. The molecule has 1 atom stereocenters. The fourth-order valence-corrected chi connectivity index (χ4v) is 2.96. The molecule has 1 N–H and O–H groups in total. The molecule has 2 aromatic carbocycles. The quantitative estimate of drug-likeness (QED) is 0.858. The lowest BCUT2D eigenvalue weighted by Crippen LogP contribution is -2.31. The summed E-state index contributed by atoms with van der Waals surface area (Å²) in [6.45, 7) is 5.87. The first kappa shape index (κ1) is 19.0. The molecule has 0 aliphatic carbocycles. The number of amides is 1. The molecule has 2 rings (SSSR count). The molecule has 0 saturated heterocycles. The SMILES string of the molecule is Cc1ccc(C(C)NC(=O)COc2ccc(S(C)(=O)=O)cc2)cc1C. The Kier molecular flexibility index (Phi) is 5.85. The van der Waals surface area contributed by atoms with E-state index in [2.05, 4.69) is 11.4 Å². The maximum Gasteiger partial charge on any atom is 0.258 e. The summed E-state index contributed by atoms with van der Waals surface area (Å²) in [5, 5.41) is 2.89. The summed E-state index contributed by atoms with van der Waals surface area (Å²) < 4.78 is 28.2. The molecule has 0 aliphatic rings. The largest absolute Gasteiger partial charge is 0.484 e. The Morgan fingerprint density at radius 3 is 2.28 bits per heavy atom. The van der Waals surface area contributed by atoms with E-state index in [1.807, 2.05) is 32.9 Å². The second-order valence-corrected chi connectivity index (χ2v) is 8.18. The summed E-state index contributed by atoms with van der Waals surface area (Å²) in [4.78, 5) is 12.3. The summed E-state index contributed by atoms with van der Waals surface area (Å²) in [5.41, 5.74) is 3.43. The number of carbonyl (C=O) groups excluding carboxylic acids is 1. The number of rotatable bonds is 6. The highest BCUT2D eigenvalue weighted by Gasteiger charge is 2.11. The Bertz CT molecular complexity index is 857. The van der Waals surface area contributed by atoms with Crippen molar-refractivity contribution in [1.82, 2.24) is 5.32 Å². The molecule has 2 aromatic rings. The summed E-state index contributed by atoms with van der Waals surface area (Å²) in [6.07, 6.45) is 1.14. The van der Waals surface area contributed by atoms with Gasteiger partial charge in [0.2, 0.25) is 0 Å². The number of carbonyl (C=O) groups is 1. The van der Waals surface area contributed by atoms with Crippen LogP contribution < -0.4 is 10.1 Å². The first-order valence-electron chi connectivity index (χ1n) is 7.96. The Morgan fingerprint density at radius 1 is 1.08 bits per heavy atom. The van der Waals surface area contributed by atoms with Gasteiger partial charge >= 0.3 is 0 Å². The fourth-order valence-electron chi connectivity index (χ4n) is 2.33. The van der Waals surface area contributed by atoms with Crippen LogP contribution in [0, 0.1) is 13.8 Å². The van der Waals surface area contributed by atoms with Crippen molar-refractivity contribution < 1.29 is 17.9 Å². The van der Waals surface area contributed by atoms with Gasteiger partial charge in [-0.15, -0.1) is 0 Å². The zero-order chi connectivity index (χ0) is 18.6. The minimum atomic E-state index is -3.24. The number of sulfone groups is 1. The van der Waals surface area contributed by atoms with Crippen molar-refractivity contribution in [1.29, 1.82) is 0 Å². The lowest BCUT2D eigenvalue weighted by molar-refractivity contribution is -0.123. The van der Waals surface area contributed by atoms with Crippen LogP contribution in [0.2, 0.25) is 0 Å². The third kappa shape index (κ3) is 5.32. The Balaban J connectivity index is 1.90. The second-order valence-electron chi connectivity index (χ2n) is 6.17. The molecule has 0 aromatic heterocycles. The van der Waals surface area contributed by atoms with Gasteiger partial charge in [0.05, 0.1) is 10.9 Å². The number of nitrogens with one attached hydrogen (secondary N) is 1. The van der Waals surface area contributed by atoms with Gasteiger partial charge in [0.15, 0.2) is 16.4 Å². The third-order valence-electron chi connectivity index (χ3n) is 4.03. The second kappa shape index (κ2) is 7.70. The monoisotopic (exact) mass is 361 g/mol. The number of benzene rings is 2. The van der Waals surface area contributed by atoms with Crippen LogP contribution in [0.3, 0.4) is 0 Å². The standard InChI is InChI=1S/C19H23NO4S/c1-13-5-6-16(11-14(13)2)15(3)20-19(21)12-24-17-7-9-18(10-8-17)25(4,22)23/h5-11,15H,12H2,1-4H3,(H,20,21). The van der Waals surface area contributed by atoms with Crippen molar-refractivity contribution in [2.45, 2.75) is 31.7 Å². The fraction of sp³-hybridized carbons (Fsp3) is 0.316. The molecule has 25 heavy (non-hydrogen) atoms. The molecule has 6 heteroatoms. The van der Waals surface area contributed by atoms with Crippen molar-refractivity contribution in [3.63, 3.8) is 0 Å². The van der Waals surface area contributed by atoms with E-state index in [9.17, 15) is 13.2 Å². The van der Waals surface area contributed by atoms with Gasteiger partial charge in [0.25, 0.3) is 5.91 Å². The van der Waals surface area contributed by atoms with Crippen molar-refractivity contribution in [3.8, 4) is 5.75 Å². The van der Waals surface area contributed by atoms with Crippen LogP contribution in [0.1, 0.15) is 29.7 Å². The molecule has 0 fully saturated rings. The topological polar surface area (TPSA) is 72.5 Å². The Hall–Kier alpha value is -2.34. The van der Waals surface area contributed by atoms with Gasteiger partial charge < -0.3 is 10.1 Å². The summed E-state index contributed by atoms with van der Waals surface area (Å²) in [5.74, 6) is 0.208. The van der Waals surface area contributed by atoms with Gasteiger partial charge in [-0.2, -0.15) is 0 Å². The number of hydrogen-bond donors (Lipinski definition) is 1. The molecule has 0 bridgehead atoms. The highest BCUT2D eigenvalue weighted by Crippen LogP contribution is 2.18. The van der Waals surface area contributed by atoms with E-state index >= 15 is 0 Å². The van der Waals surface area contributed by atoms with E-state index in [0.717, 1.165) is 11.8 Å². The van der Waals surface area contributed by atoms with Crippen LogP contribution in [0.25, 0.3) is 0 Å². The van der Waals surface area contributed by atoms with Crippen molar-refractivity contribution in [2.75, 3.05) is 12.9 Å². The zero-order valence-corrected chi connectivity index (χ0v) is 15.7. The van der Waals surface area contributed by atoms with Gasteiger partial charge in [-0.1, -0.05) is 18.2 Å². The van der Waals surface area contributed by atoms with Crippen LogP contribution in [0.15, 0.2) is 47.4 Å². The zero-order valence-electron chi connectivity index (χ0n) is 14.9. The molecular formula is C19H23NO4S. The third-order valence-corrected chi connectivity index (χ3v) is 5.16. The van der Waals surface area contributed by atoms with E-state index in [1.165, 1.54) is 35.4 Å². The molecule has 0 spiro atoms. The van der Waals surface area contributed by atoms with Gasteiger partial charge in [-0.3, -0.25) is 4.79 Å². The number of aryl methyl sites for hydroxylation is 2. The maximum absolute atomic E-state index is 12.0. The molecule has 0 aliphatic heterocycles. The van der Waals surface area contributed by atoms with Crippen LogP contribution in [-0.2, 0) is 14.6 Å². The van der Waals surface area contributed by atoms with Gasteiger partial charge in [0, 0.05) is 6.26 Å². The minimum Gasteiger partial charge on any atom is -0.484 e. The van der Waals surface area contributed by atoms with Crippen LogP contribution in [0.4, 0.5) is 0 Å². The molecule has 134 valence electrons. The highest BCUT2D eigenvalue weighted by molar-refractivity contribution is 7.90.